The standard InChI is InChI=1S/H4O7P2.H2O/c1-8(2,3)7-9(4,5)6;/h(H2,1,2,3)(H2,4,5,6);1H2/p-3. The Kier molecular flexibility index (Phi) is 4.58. The predicted molar refractivity (Wildman–Crippen MR) is 22.1 cm³/mol. The lowest BCUT2D eigenvalue weighted by Crippen LogP contribution is -2.17. The van der Waals surface area contributed by atoms with E-state index in [0.717, 1.165) is 0 Å². The second-order valence-electron chi connectivity index (χ2n) is 0.997. The van der Waals surface area contributed by atoms with Gasteiger partial charge in [-0.15, -0.1) is 0 Å². The number of rotatable bonds is 2. The van der Waals surface area contributed by atoms with E-state index in [4.69, 9.17) is 4.89 Å². The Morgan fingerprint density at radius 1 is 1.20 bits per heavy atom. The van der Waals surface area contributed by atoms with Crippen LogP contribution in [0.1, 0.15) is 0 Å². The summed E-state index contributed by atoms with van der Waals surface area (Å²) < 4.78 is 21.4. The van der Waals surface area contributed by atoms with Crippen LogP contribution >= 0.6 is 15.6 Å². The molecule has 64 valence electrons. The van der Waals surface area contributed by atoms with E-state index in [1.165, 1.54) is 0 Å². The quantitative estimate of drug-likeness (QED) is 0.443. The van der Waals surface area contributed by atoms with Crippen LogP contribution in [0.25, 0.3) is 0 Å². The first kappa shape index (κ1) is 12.9. The fourth-order valence-electron chi connectivity index (χ4n) is 0.126. The topological polar surface area (TPSA) is 164 Å². The van der Waals surface area contributed by atoms with Crippen LogP contribution in [0.5, 0.6) is 0 Å². The maximum absolute atomic E-state index is 9.44. The van der Waals surface area contributed by atoms with Gasteiger partial charge in [0.2, 0.25) is 0 Å². The lowest BCUT2D eigenvalue weighted by Gasteiger charge is -2.32. The van der Waals surface area contributed by atoms with E-state index in [0.29, 0.717) is 0 Å². The predicted octanol–water partition coefficient (Wildman–Crippen LogP) is -3.53. The molecule has 0 aromatic carbocycles. The van der Waals surface area contributed by atoms with E-state index in [9.17, 15) is 23.8 Å². The summed E-state index contributed by atoms with van der Waals surface area (Å²) in [5.74, 6) is 0. The minimum Gasteiger partial charge on any atom is -0.790 e. The molecule has 0 aromatic heterocycles. The van der Waals surface area contributed by atoms with Crippen molar-refractivity contribution in [2.24, 2.45) is 0 Å². The highest BCUT2D eigenvalue weighted by Crippen LogP contribution is 2.45. The molecule has 0 aliphatic rings. The Morgan fingerprint density at radius 3 is 1.50 bits per heavy atom. The van der Waals surface area contributed by atoms with E-state index in [-0.39, 0.29) is 5.48 Å². The summed E-state index contributed by atoms with van der Waals surface area (Å²) >= 11 is 0. The van der Waals surface area contributed by atoms with Crippen LogP contribution in [0.4, 0.5) is 0 Å². The molecule has 0 spiro atoms. The van der Waals surface area contributed by atoms with Gasteiger partial charge in [-0.3, -0.25) is 8.88 Å². The summed E-state index contributed by atoms with van der Waals surface area (Å²) in [7, 11) is -11.0. The van der Waals surface area contributed by atoms with Gasteiger partial charge in [-0.25, -0.2) is 0 Å². The molecule has 0 saturated carbocycles. The minimum absolute atomic E-state index is 0. The van der Waals surface area contributed by atoms with E-state index in [1.807, 2.05) is 0 Å². The zero-order valence-corrected chi connectivity index (χ0v) is 6.08. The highest BCUT2D eigenvalue weighted by molar-refractivity contribution is 7.58. The summed E-state index contributed by atoms with van der Waals surface area (Å²) in [6.07, 6.45) is 0. The molecule has 0 radical (unpaired) electrons. The molecule has 0 aliphatic heterocycles. The van der Waals surface area contributed by atoms with Gasteiger partial charge in [-0.2, -0.15) is 0 Å². The van der Waals surface area contributed by atoms with Crippen molar-refractivity contribution in [3.63, 3.8) is 0 Å². The molecule has 0 aliphatic carbocycles. The third-order valence-corrected chi connectivity index (χ3v) is 1.83. The van der Waals surface area contributed by atoms with Crippen molar-refractivity contribution in [3.05, 3.63) is 0 Å². The van der Waals surface area contributed by atoms with Gasteiger partial charge in [0.15, 0.2) is 0 Å². The largest absolute Gasteiger partial charge is 0.790 e. The van der Waals surface area contributed by atoms with E-state index >= 15 is 0 Å². The first-order valence-electron chi connectivity index (χ1n) is 1.48. The minimum atomic E-state index is -5.61. The molecule has 0 aromatic rings. The molecule has 0 rings (SSSR count). The molecule has 0 amide bonds. The number of hydrogen-bond acceptors (Lipinski definition) is 6. The third-order valence-electron chi connectivity index (χ3n) is 0.203. The maximum atomic E-state index is 9.44. The molecule has 0 fully saturated rings. The average molecular weight is 193 g/mol. The summed E-state index contributed by atoms with van der Waals surface area (Å²) in [4.78, 5) is 35.7. The lowest BCUT2D eigenvalue weighted by atomic mass is 15.7. The van der Waals surface area contributed by atoms with Gasteiger partial charge in [0, 0.05) is 0 Å². The van der Waals surface area contributed by atoms with Crippen molar-refractivity contribution < 1.29 is 38.5 Å². The second kappa shape index (κ2) is 3.56. The van der Waals surface area contributed by atoms with Gasteiger partial charge >= 0.3 is 0 Å². The molecular formula is H3O8P2-3. The van der Waals surface area contributed by atoms with Gasteiger partial charge in [0.25, 0.3) is 7.82 Å². The monoisotopic (exact) mass is 193 g/mol. The molecule has 0 heterocycles. The Hall–Kier alpha value is 0.220. The van der Waals surface area contributed by atoms with E-state index < -0.39 is 15.6 Å². The van der Waals surface area contributed by atoms with Crippen LogP contribution in [0.15, 0.2) is 0 Å². The van der Waals surface area contributed by atoms with Crippen LogP contribution in [0, 0.1) is 0 Å². The molecule has 0 saturated heterocycles. The summed E-state index contributed by atoms with van der Waals surface area (Å²) in [5, 5.41) is 0. The molecule has 1 atom stereocenters. The molecule has 3 N–H and O–H groups in total. The first-order valence-corrected chi connectivity index (χ1v) is 4.43. The van der Waals surface area contributed by atoms with Crippen molar-refractivity contribution in [1.82, 2.24) is 0 Å². The smallest absolute Gasteiger partial charge is 0.269 e. The fourth-order valence-corrected chi connectivity index (χ4v) is 1.14. The highest BCUT2D eigenvalue weighted by atomic mass is 31.3. The van der Waals surface area contributed by atoms with Crippen LogP contribution in [-0.2, 0) is 13.4 Å². The highest BCUT2D eigenvalue weighted by Gasteiger charge is 2.02. The van der Waals surface area contributed by atoms with Crippen molar-refractivity contribution in [2.45, 2.75) is 0 Å². The maximum Gasteiger partial charge on any atom is 0.269 e. The van der Waals surface area contributed by atoms with Crippen LogP contribution in [0.2, 0.25) is 0 Å². The molecule has 1 unspecified atom stereocenters. The Labute approximate surface area is 55.2 Å². The molecule has 10 heteroatoms. The zero-order chi connectivity index (χ0) is 7.71. The van der Waals surface area contributed by atoms with Crippen LogP contribution in [0.3, 0.4) is 0 Å². The molecule has 8 nitrogen and oxygen atoms in total. The van der Waals surface area contributed by atoms with Gasteiger partial charge in [-0.05, 0) is 0 Å². The van der Waals surface area contributed by atoms with Crippen LogP contribution in [-0.4, -0.2) is 10.4 Å². The molecular weight excluding hydrogens is 190 g/mol. The third kappa shape index (κ3) is 11.1. The lowest BCUT2D eigenvalue weighted by molar-refractivity contribution is -0.339. The first-order chi connectivity index (χ1) is 3.71. The van der Waals surface area contributed by atoms with Gasteiger partial charge in [0.1, 0.15) is 0 Å². The van der Waals surface area contributed by atoms with Crippen molar-refractivity contribution in [3.8, 4) is 0 Å². The average Bonchev–Trinajstić information content (AvgIpc) is 1.14. The Balaban J connectivity index is 0. The van der Waals surface area contributed by atoms with Crippen molar-refractivity contribution in [2.75, 3.05) is 0 Å². The van der Waals surface area contributed by atoms with Crippen LogP contribution < -0.4 is 14.7 Å². The Morgan fingerprint density at radius 2 is 1.50 bits per heavy atom. The van der Waals surface area contributed by atoms with E-state index in [1.54, 1.807) is 0 Å². The summed E-state index contributed by atoms with van der Waals surface area (Å²) in [5.41, 5.74) is 0. The Bertz CT molecular complexity index is 148. The normalized spacial score (nSPS) is 17.2. The molecule has 0 bridgehead atoms. The SMILES string of the molecule is O.O=P([O-])([O-])OP(=O)([O-])O. The number of phosphoric acid groups is 2. The summed E-state index contributed by atoms with van der Waals surface area (Å²) in [6, 6.07) is 0. The van der Waals surface area contributed by atoms with Gasteiger partial charge in [-0.1, -0.05) is 0 Å². The second-order valence-corrected chi connectivity index (χ2v) is 3.48. The molecule has 10 heavy (non-hydrogen) atoms. The van der Waals surface area contributed by atoms with Gasteiger partial charge in [0.05, 0.1) is 7.82 Å². The summed E-state index contributed by atoms with van der Waals surface area (Å²) in [6.45, 7) is 0. The van der Waals surface area contributed by atoms with Gasteiger partial charge < -0.3 is 29.6 Å². The van der Waals surface area contributed by atoms with Crippen molar-refractivity contribution in [1.29, 1.82) is 0 Å². The fraction of sp³-hybridized carbons (Fsp3) is 0. The van der Waals surface area contributed by atoms with E-state index in [2.05, 4.69) is 4.31 Å². The zero-order valence-electron chi connectivity index (χ0n) is 4.29. The van der Waals surface area contributed by atoms with Crippen molar-refractivity contribution >= 4 is 15.6 Å². The number of hydrogen-bond donors (Lipinski definition) is 1.